The molecule has 0 atom stereocenters. The molecule has 4 heteroatoms. The van der Waals surface area contributed by atoms with Crippen LogP contribution in [0.5, 0.6) is 0 Å². The van der Waals surface area contributed by atoms with Gasteiger partial charge < -0.3 is 5.11 Å². The predicted octanol–water partition coefficient (Wildman–Crippen LogP) is 3.95. The van der Waals surface area contributed by atoms with Gasteiger partial charge in [-0.25, -0.2) is 13.6 Å². The van der Waals surface area contributed by atoms with Gasteiger partial charge in [-0.05, 0) is 43.2 Å². The highest BCUT2D eigenvalue weighted by Crippen LogP contribution is 2.29. The molecule has 2 aromatic carbocycles. The lowest BCUT2D eigenvalue weighted by Gasteiger charge is -2.10. The smallest absolute Gasteiger partial charge is 0.336 e. The first-order valence-electron chi connectivity index (χ1n) is 5.70. The van der Waals surface area contributed by atoms with Gasteiger partial charge in [-0.1, -0.05) is 17.7 Å². The summed E-state index contributed by atoms with van der Waals surface area (Å²) in [4.78, 5) is 11.2. The van der Waals surface area contributed by atoms with E-state index in [9.17, 15) is 13.6 Å². The third-order valence-electron chi connectivity index (χ3n) is 2.94. The molecule has 0 heterocycles. The molecule has 1 N–H and O–H groups in total. The molecule has 0 saturated heterocycles. The largest absolute Gasteiger partial charge is 0.478 e. The molecular weight excluding hydrogens is 250 g/mol. The minimum atomic E-state index is -1.17. The van der Waals surface area contributed by atoms with E-state index in [1.54, 1.807) is 13.0 Å². The molecule has 0 aliphatic rings. The Labute approximate surface area is 109 Å². The van der Waals surface area contributed by atoms with E-state index in [4.69, 9.17) is 5.11 Å². The fourth-order valence-corrected chi connectivity index (χ4v) is 1.92. The van der Waals surface area contributed by atoms with Gasteiger partial charge in [-0.15, -0.1) is 0 Å². The number of rotatable bonds is 2. The van der Waals surface area contributed by atoms with Crippen molar-refractivity contribution < 1.29 is 18.7 Å². The third-order valence-corrected chi connectivity index (χ3v) is 2.94. The van der Waals surface area contributed by atoms with Crippen molar-refractivity contribution >= 4 is 5.97 Å². The Morgan fingerprint density at radius 3 is 2.32 bits per heavy atom. The van der Waals surface area contributed by atoms with Crippen LogP contribution in [0.1, 0.15) is 21.5 Å². The maximum atomic E-state index is 13.9. The topological polar surface area (TPSA) is 37.3 Å². The number of carboxylic acids is 1. The van der Waals surface area contributed by atoms with Crippen molar-refractivity contribution in [2.45, 2.75) is 13.8 Å². The van der Waals surface area contributed by atoms with E-state index >= 15 is 0 Å². The van der Waals surface area contributed by atoms with E-state index in [0.717, 1.165) is 17.7 Å². The lowest BCUT2D eigenvalue weighted by atomic mass is 9.96. The van der Waals surface area contributed by atoms with Gasteiger partial charge >= 0.3 is 5.97 Å². The maximum absolute atomic E-state index is 13.9. The zero-order valence-corrected chi connectivity index (χ0v) is 10.5. The van der Waals surface area contributed by atoms with Crippen LogP contribution in [0, 0.1) is 25.5 Å². The molecule has 0 bridgehead atoms. The number of aromatic carboxylic acids is 1. The van der Waals surface area contributed by atoms with Gasteiger partial charge in [0.25, 0.3) is 0 Å². The Balaban J connectivity index is 2.72. The quantitative estimate of drug-likeness (QED) is 0.889. The Bertz CT molecular complexity index is 663. The summed E-state index contributed by atoms with van der Waals surface area (Å²) >= 11 is 0. The number of benzene rings is 2. The summed E-state index contributed by atoms with van der Waals surface area (Å²) < 4.78 is 27.4. The highest BCUT2D eigenvalue weighted by molar-refractivity contribution is 5.96. The van der Waals surface area contributed by atoms with Gasteiger partial charge in [-0.2, -0.15) is 0 Å². The molecule has 0 aromatic heterocycles. The average Bonchev–Trinajstić information content (AvgIpc) is 2.34. The molecule has 2 nitrogen and oxygen atoms in total. The fourth-order valence-electron chi connectivity index (χ4n) is 1.92. The number of aryl methyl sites for hydroxylation is 2. The molecule has 0 fully saturated rings. The molecule has 0 unspecified atom stereocenters. The highest BCUT2D eigenvalue weighted by atomic mass is 19.1. The van der Waals surface area contributed by atoms with Gasteiger partial charge in [0, 0.05) is 5.56 Å². The van der Waals surface area contributed by atoms with Gasteiger partial charge in [-0.3, -0.25) is 0 Å². The first-order chi connectivity index (χ1) is 8.90. The Hall–Kier alpha value is -2.23. The summed E-state index contributed by atoms with van der Waals surface area (Å²) in [7, 11) is 0. The van der Waals surface area contributed by atoms with Crippen LogP contribution in [-0.2, 0) is 0 Å². The molecule has 0 saturated carbocycles. The van der Waals surface area contributed by atoms with E-state index < -0.39 is 17.6 Å². The standard InChI is InChI=1S/C15H12F2O2/c1-8-3-4-10(12(5-8)15(18)19)11-7-13(16)9(2)6-14(11)17/h3-7H,1-2H3,(H,18,19). The zero-order chi connectivity index (χ0) is 14.2. The Kier molecular flexibility index (Phi) is 3.34. The fraction of sp³-hybridized carbons (Fsp3) is 0.133. The molecule has 0 aliphatic carbocycles. The van der Waals surface area contributed by atoms with E-state index in [1.165, 1.54) is 19.1 Å². The van der Waals surface area contributed by atoms with Crippen LogP contribution >= 0.6 is 0 Å². The highest BCUT2D eigenvalue weighted by Gasteiger charge is 2.16. The molecular formula is C15H12F2O2. The van der Waals surface area contributed by atoms with Crippen LogP contribution in [0.3, 0.4) is 0 Å². The lowest BCUT2D eigenvalue weighted by molar-refractivity contribution is 0.0697. The monoisotopic (exact) mass is 262 g/mol. The SMILES string of the molecule is Cc1ccc(-c2cc(F)c(C)cc2F)c(C(=O)O)c1. The summed E-state index contributed by atoms with van der Waals surface area (Å²) in [5.74, 6) is -2.36. The number of hydrogen-bond donors (Lipinski definition) is 1. The van der Waals surface area contributed by atoms with E-state index in [2.05, 4.69) is 0 Å². The van der Waals surface area contributed by atoms with Crippen molar-refractivity contribution in [1.29, 1.82) is 0 Å². The molecule has 0 amide bonds. The molecule has 2 rings (SSSR count). The molecule has 98 valence electrons. The second-order valence-electron chi connectivity index (χ2n) is 4.44. The lowest BCUT2D eigenvalue weighted by Crippen LogP contribution is -2.02. The second-order valence-corrected chi connectivity index (χ2v) is 4.44. The van der Waals surface area contributed by atoms with Crippen molar-refractivity contribution in [3.05, 3.63) is 58.7 Å². The van der Waals surface area contributed by atoms with Crippen molar-refractivity contribution in [3.63, 3.8) is 0 Å². The van der Waals surface area contributed by atoms with E-state index in [-0.39, 0.29) is 22.3 Å². The zero-order valence-electron chi connectivity index (χ0n) is 10.5. The van der Waals surface area contributed by atoms with Crippen LogP contribution in [0.15, 0.2) is 30.3 Å². The molecule has 0 radical (unpaired) electrons. The van der Waals surface area contributed by atoms with Crippen LogP contribution in [0.4, 0.5) is 8.78 Å². The van der Waals surface area contributed by atoms with Gasteiger partial charge in [0.2, 0.25) is 0 Å². The minimum Gasteiger partial charge on any atom is -0.478 e. The number of carboxylic acid groups (broad SMARTS) is 1. The van der Waals surface area contributed by atoms with E-state index in [1.807, 2.05) is 0 Å². The molecule has 0 aliphatic heterocycles. The summed E-state index contributed by atoms with van der Waals surface area (Å²) in [6, 6.07) is 6.69. The summed E-state index contributed by atoms with van der Waals surface area (Å²) in [5.41, 5.74) is 1.02. The molecule has 19 heavy (non-hydrogen) atoms. The Morgan fingerprint density at radius 2 is 1.68 bits per heavy atom. The number of carbonyl (C=O) groups is 1. The predicted molar refractivity (Wildman–Crippen MR) is 68.2 cm³/mol. The van der Waals surface area contributed by atoms with Gasteiger partial charge in [0.1, 0.15) is 11.6 Å². The Morgan fingerprint density at radius 1 is 1.00 bits per heavy atom. The first-order valence-corrected chi connectivity index (χ1v) is 5.70. The second kappa shape index (κ2) is 4.80. The number of hydrogen-bond acceptors (Lipinski definition) is 1. The van der Waals surface area contributed by atoms with Crippen LogP contribution in [-0.4, -0.2) is 11.1 Å². The van der Waals surface area contributed by atoms with Crippen molar-refractivity contribution in [1.82, 2.24) is 0 Å². The molecule has 0 spiro atoms. The third kappa shape index (κ3) is 2.47. The van der Waals surface area contributed by atoms with Crippen molar-refractivity contribution in [3.8, 4) is 11.1 Å². The van der Waals surface area contributed by atoms with Crippen LogP contribution < -0.4 is 0 Å². The normalized spacial score (nSPS) is 10.5. The van der Waals surface area contributed by atoms with Crippen LogP contribution in [0.25, 0.3) is 11.1 Å². The first kappa shape index (κ1) is 13.2. The average molecular weight is 262 g/mol. The maximum Gasteiger partial charge on any atom is 0.336 e. The summed E-state index contributed by atoms with van der Waals surface area (Å²) in [6.45, 7) is 3.19. The van der Waals surface area contributed by atoms with Crippen molar-refractivity contribution in [2.75, 3.05) is 0 Å². The summed E-state index contributed by atoms with van der Waals surface area (Å²) in [5, 5.41) is 9.15. The van der Waals surface area contributed by atoms with Gasteiger partial charge in [0.05, 0.1) is 5.56 Å². The summed E-state index contributed by atoms with van der Waals surface area (Å²) in [6.07, 6.45) is 0. The van der Waals surface area contributed by atoms with Crippen molar-refractivity contribution in [2.24, 2.45) is 0 Å². The van der Waals surface area contributed by atoms with Crippen LogP contribution in [0.2, 0.25) is 0 Å². The van der Waals surface area contributed by atoms with E-state index in [0.29, 0.717) is 0 Å². The number of halogens is 2. The molecule has 2 aromatic rings. The van der Waals surface area contributed by atoms with Gasteiger partial charge in [0.15, 0.2) is 0 Å². The minimum absolute atomic E-state index is 0.0397.